The Hall–Kier alpha value is -1.38. The van der Waals surface area contributed by atoms with E-state index in [0.29, 0.717) is 0 Å². The first-order chi connectivity index (χ1) is 8.59. The first-order valence-electron chi connectivity index (χ1n) is 5.71. The highest BCUT2D eigenvalue weighted by Gasteiger charge is 2.12. The zero-order chi connectivity index (χ0) is 13.1. The Morgan fingerprint density at radius 3 is 2.39 bits per heavy atom. The van der Waals surface area contributed by atoms with Crippen LogP contribution in [0.1, 0.15) is 19.4 Å². The van der Waals surface area contributed by atoms with Gasteiger partial charge in [0.05, 0.1) is 4.99 Å². The number of hydrogen-bond acceptors (Lipinski definition) is 1. The zero-order valence-corrected chi connectivity index (χ0v) is 11.9. The SMILES string of the molecule is CC(=S)N1C=CC=C/C1=C(/C)c1ccc(Cl)cc1. The summed E-state index contributed by atoms with van der Waals surface area (Å²) in [5, 5.41) is 0.749. The number of nitrogens with zero attached hydrogens (tertiary/aromatic N) is 1. The fourth-order valence-corrected chi connectivity index (χ4v) is 2.16. The second kappa shape index (κ2) is 5.51. The minimum Gasteiger partial charge on any atom is -0.311 e. The van der Waals surface area contributed by atoms with E-state index < -0.39 is 0 Å². The van der Waals surface area contributed by atoms with E-state index in [2.05, 4.69) is 13.0 Å². The third-order valence-corrected chi connectivity index (χ3v) is 3.31. The molecule has 1 aliphatic heterocycles. The van der Waals surface area contributed by atoms with Crippen molar-refractivity contribution < 1.29 is 0 Å². The average molecular weight is 276 g/mol. The molecule has 1 aromatic carbocycles. The molecule has 0 saturated carbocycles. The summed E-state index contributed by atoms with van der Waals surface area (Å²) in [4.78, 5) is 2.85. The average Bonchev–Trinajstić information content (AvgIpc) is 2.39. The van der Waals surface area contributed by atoms with Crippen molar-refractivity contribution in [3.8, 4) is 0 Å². The van der Waals surface area contributed by atoms with Crippen LogP contribution in [0.5, 0.6) is 0 Å². The highest BCUT2D eigenvalue weighted by Crippen LogP contribution is 2.25. The smallest absolute Gasteiger partial charge is 0.0833 e. The number of halogens is 1. The van der Waals surface area contributed by atoms with Gasteiger partial charge < -0.3 is 4.90 Å². The van der Waals surface area contributed by atoms with Crippen LogP contribution in [0.2, 0.25) is 5.02 Å². The molecule has 0 bridgehead atoms. The molecule has 1 heterocycles. The Balaban J connectivity index is 2.45. The lowest BCUT2D eigenvalue weighted by Crippen LogP contribution is -2.21. The fraction of sp³-hybridized carbons (Fsp3) is 0.133. The van der Waals surface area contributed by atoms with Crippen LogP contribution in [0.3, 0.4) is 0 Å². The summed E-state index contributed by atoms with van der Waals surface area (Å²) in [5.74, 6) is 0. The van der Waals surface area contributed by atoms with Gasteiger partial charge >= 0.3 is 0 Å². The van der Waals surface area contributed by atoms with Gasteiger partial charge in [-0.1, -0.05) is 42.0 Å². The van der Waals surface area contributed by atoms with Gasteiger partial charge in [-0.3, -0.25) is 0 Å². The predicted molar refractivity (Wildman–Crippen MR) is 82.4 cm³/mol. The van der Waals surface area contributed by atoms with Crippen molar-refractivity contribution >= 4 is 34.4 Å². The van der Waals surface area contributed by atoms with Crippen molar-refractivity contribution in [1.82, 2.24) is 4.90 Å². The zero-order valence-electron chi connectivity index (χ0n) is 10.4. The monoisotopic (exact) mass is 275 g/mol. The maximum absolute atomic E-state index is 5.91. The molecule has 1 aromatic rings. The Morgan fingerprint density at radius 2 is 1.78 bits per heavy atom. The largest absolute Gasteiger partial charge is 0.311 e. The van der Waals surface area contributed by atoms with Crippen LogP contribution in [0.25, 0.3) is 5.57 Å². The molecule has 0 unspecified atom stereocenters. The van der Waals surface area contributed by atoms with Crippen molar-refractivity contribution in [2.45, 2.75) is 13.8 Å². The van der Waals surface area contributed by atoms with E-state index in [0.717, 1.165) is 21.3 Å². The molecule has 1 nitrogen and oxygen atoms in total. The summed E-state index contributed by atoms with van der Waals surface area (Å²) in [6.45, 7) is 4.02. The Bertz CT molecular complexity index is 552. The maximum atomic E-state index is 5.91. The van der Waals surface area contributed by atoms with Crippen molar-refractivity contribution in [3.05, 3.63) is 65.0 Å². The van der Waals surface area contributed by atoms with Gasteiger partial charge in [-0.05, 0) is 49.3 Å². The summed E-state index contributed by atoms with van der Waals surface area (Å²) >= 11 is 11.2. The van der Waals surface area contributed by atoms with Crippen LogP contribution >= 0.6 is 23.8 Å². The lowest BCUT2D eigenvalue weighted by atomic mass is 10.0. The van der Waals surface area contributed by atoms with Gasteiger partial charge in [-0.15, -0.1) is 0 Å². The summed E-state index contributed by atoms with van der Waals surface area (Å²) < 4.78 is 0. The van der Waals surface area contributed by atoms with Crippen molar-refractivity contribution in [2.75, 3.05) is 0 Å². The van der Waals surface area contributed by atoms with E-state index in [-0.39, 0.29) is 0 Å². The second-order valence-corrected chi connectivity index (χ2v) is 5.13. The van der Waals surface area contributed by atoms with Crippen LogP contribution in [-0.2, 0) is 0 Å². The van der Waals surface area contributed by atoms with Gasteiger partial charge in [0.15, 0.2) is 0 Å². The van der Waals surface area contributed by atoms with Gasteiger partial charge in [0.2, 0.25) is 0 Å². The molecule has 18 heavy (non-hydrogen) atoms. The first kappa shape index (κ1) is 13.1. The molecular formula is C15H14ClNS. The molecular weight excluding hydrogens is 262 g/mol. The number of hydrogen-bond donors (Lipinski definition) is 0. The van der Waals surface area contributed by atoms with Crippen LogP contribution in [0.4, 0.5) is 0 Å². The topological polar surface area (TPSA) is 3.24 Å². The van der Waals surface area contributed by atoms with E-state index >= 15 is 0 Å². The van der Waals surface area contributed by atoms with Crippen LogP contribution in [-0.4, -0.2) is 9.89 Å². The summed E-state index contributed by atoms with van der Waals surface area (Å²) in [7, 11) is 0. The van der Waals surface area contributed by atoms with Gasteiger partial charge in [0.25, 0.3) is 0 Å². The number of allylic oxidation sites excluding steroid dienone is 4. The van der Waals surface area contributed by atoms with Crippen LogP contribution in [0, 0.1) is 0 Å². The third-order valence-electron chi connectivity index (χ3n) is 2.86. The third kappa shape index (κ3) is 2.71. The maximum Gasteiger partial charge on any atom is 0.0833 e. The highest BCUT2D eigenvalue weighted by atomic mass is 35.5. The minimum absolute atomic E-state index is 0.749. The Kier molecular flexibility index (Phi) is 4.00. The van der Waals surface area contributed by atoms with Crippen LogP contribution in [0.15, 0.2) is 54.4 Å². The Labute approximate surface area is 118 Å². The Morgan fingerprint density at radius 1 is 1.11 bits per heavy atom. The molecule has 0 amide bonds. The number of thiocarbonyl (C=S) groups is 1. The normalized spacial score (nSPS) is 16.9. The van der Waals surface area contributed by atoms with Gasteiger partial charge in [-0.25, -0.2) is 0 Å². The molecule has 0 N–H and O–H groups in total. The molecule has 0 aliphatic carbocycles. The molecule has 92 valence electrons. The van der Waals surface area contributed by atoms with E-state index in [4.69, 9.17) is 23.8 Å². The first-order valence-corrected chi connectivity index (χ1v) is 6.49. The van der Waals surface area contributed by atoms with Crippen molar-refractivity contribution in [3.63, 3.8) is 0 Å². The van der Waals surface area contributed by atoms with E-state index in [1.807, 2.05) is 54.4 Å². The summed E-state index contributed by atoms with van der Waals surface area (Å²) in [6.07, 6.45) is 8.05. The lowest BCUT2D eigenvalue weighted by Gasteiger charge is -2.24. The summed E-state index contributed by atoms with van der Waals surface area (Å²) in [5.41, 5.74) is 3.43. The van der Waals surface area contributed by atoms with Crippen molar-refractivity contribution in [2.24, 2.45) is 0 Å². The predicted octanol–water partition coefficient (Wildman–Crippen LogP) is 4.80. The second-order valence-electron chi connectivity index (χ2n) is 4.11. The van der Waals surface area contributed by atoms with E-state index in [1.165, 1.54) is 5.57 Å². The van der Waals surface area contributed by atoms with Gasteiger partial charge in [0, 0.05) is 16.9 Å². The van der Waals surface area contributed by atoms with Gasteiger partial charge in [-0.2, -0.15) is 0 Å². The van der Waals surface area contributed by atoms with Gasteiger partial charge in [0.1, 0.15) is 0 Å². The molecule has 0 spiro atoms. The lowest BCUT2D eigenvalue weighted by molar-refractivity contribution is 0.719. The van der Waals surface area contributed by atoms with Crippen LogP contribution < -0.4 is 0 Å². The fourth-order valence-electron chi connectivity index (χ4n) is 1.87. The van der Waals surface area contributed by atoms with Crippen molar-refractivity contribution in [1.29, 1.82) is 0 Å². The quantitative estimate of drug-likeness (QED) is 0.677. The van der Waals surface area contributed by atoms with E-state index in [9.17, 15) is 0 Å². The molecule has 3 heteroatoms. The molecule has 0 fully saturated rings. The molecule has 0 saturated heterocycles. The number of benzene rings is 1. The molecule has 2 rings (SSSR count). The standard InChI is InChI=1S/C15H14ClNS/c1-11(13-6-8-14(16)9-7-13)15-5-3-4-10-17(15)12(2)18/h3-10H,1-2H3/b15-11+. The minimum atomic E-state index is 0.749. The molecule has 0 atom stereocenters. The molecule has 0 radical (unpaired) electrons. The summed E-state index contributed by atoms with van der Waals surface area (Å²) in [6, 6.07) is 7.84. The highest BCUT2D eigenvalue weighted by molar-refractivity contribution is 7.80. The van der Waals surface area contributed by atoms with E-state index in [1.54, 1.807) is 0 Å². The molecule has 1 aliphatic rings. The number of rotatable bonds is 1. The molecule has 0 aromatic heterocycles.